The molecule has 3 atom stereocenters. The first-order valence-corrected chi connectivity index (χ1v) is 6.17. The first kappa shape index (κ1) is 11.7. The van der Waals surface area contributed by atoms with Gasteiger partial charge in [-0.2, -0.15) is 0 Å². The van der Waals surface area contributed by atoms with Crippen LogP contribution < -0.4 is 0 Å². The van der Waals surface area contributed by atoms with Gasteiger partial charge in [-0.1, -0.05) is 6.92 Å². The molecule has 82 valence electrons. The molecule has 14 heavy (non-hydrogen) atoms. The monoisotopic (exact) mass is 220 g/mol. The first-order chi connectivity index (χ1) is 6.61. The van der Waals surface area contributed by atoms with Crippen LogP contribution in [0.25, 0.3) is 0 Å². The second-order valence-electron chi connectivity index (χ2n) is 3.63. The summed E-state index contributed by atoms with van der Waals surface area (Å²) in [5.74, 6) is -1.17. The Bertz CT molecular complexity index is 223. The normalized spacial score (nSPS) is 26.8. The molecule has 1 saturated heterocycles. The van der Waals surface area contributed by atoms with Gasteiger partial charge in [0.05, 0.1) is 17.8 Å². The molecule has 0 aromatic rings. The summed E-state index contributed by atoms with van der Waals surface area (Å²) in [7, 11) is -1.06. The van der Waals surface area contributed by atoms with Gasteiger partial charge in [0.25, 0.3) is 0 Å². The van der Waals surface area contributed by atoms with Crippen molar-refractivity contribution in [3.05, 3.63) is 0 Å². The molecule has 0 saturated carbocycles. The number of hydrogen-bond acceptors (Lipinski definition) is 3. The third kappa shape index (κ3) is 3.38. The molecular formula is C9H16O4S. The van der Waals surface area contributed by atoms with Crippen LogP contribution in [0.5, 0.6) is 0 Å². The van der Waals surface area contributed by atoms with E-state index in [0.29, 0.717) is 6.61 Å². The summed E-state index contributed by atoms with van der Waals surface area (Å²) < 4.78 is 16.9. The number of carboxylic acids is 1. The Balaban J connectivity index is 2.36. The minimum absolute atomic E-state index is 0.0329. The second kappa shape index (κ2) is 5.46. The van der Waals surface area contributed by atoms with Crippen molar-refractivity contribution in [3.8, 4) is 0 Å². The summed E-state index contributed by atoms with van der Waals surface area (Å²) in [6.07, 6.45) is 1.82. The van der Waals surface area contributed by atoms with E-state index in [1.54, 1.807) is 6.92 Å². The molecule has 1 aliphatic rings. The lowest BCUT2D eigenvalue weighted by molar-refractivity contribution is -0.140. The lowest BCUT2D eigenvalue weighted by Gasteiger charge is -2.22. The summed E-state index contributed by atoms with van der Waals surface area (Å²) in [6, 6.07) is 0. The fraction of sp³-hybridized carbons (Fsp3) is 0.889. The van der Waals surface area contributed by atoms with Crippen molar-refractivity contribution in [1.29, 1.82) is 0 Å². The lowest BCUT2D eigenvalue weighted by Crippen LogP contribution is -2.31. The van der Waals surface area contributed by atoms with Crippen LogP contribution in [0.15, 0.2) is 0 Å². The summed E-state index contributed by atoms with van der Waals surface area (Å²) in [5, 5.41) is 8.70. The van der Waals surface area contributed by atoms with E-state index < -0.39 is 22.7 Å². The molecule has 0 aromatic heterocycles. The minimum Gasteiger partial charge on any atom is -0.481 e. The zero-order valence-electron chi connectivity index (χ0n) is 8.27. The number of carbonyl (C=O) groups is 1. The van der Waals surface area contributed by atoms with E-state index in [1.165, 1.54) is 0 Å². The van der Waals surface area contributed by atoms with Gasteiger partial charge in [-0.25, -0.2) is 0 Å². The zero-order valence-corrected chi connectivity index (χ0v) is 9.09. The lowest BCUT2D eigenvalue weighted by atomic mass is 10.2. The Morgan fingerprint density at radius 2 is 2.43 bits per heavy atom. The van der Waals surface area contributed by atoms with Crippen LogP contribution in [0, 0.1) is 5.92 Å². The summed E-state index contributed by atoms with van der Waals surface area (Å²) in [5.41, 5.74) is 0. The van der Waals surface area contributed by atoms with Crippen molar-refractivity contribution in [1.82, 2.24) is 0 Å². The molecule has 0 aliphatic carbocycles. The van der Waals surface area contributed by atoms with Gasteiger partial charge in [0.1, 0.15) is 0 Å². The quantitative estimate of drug-likeness (QED) is 0.755. The third-order valence-electron chi connectivity index (χ3n) is 2.33. The van der Waals surface area contributed by atoms with Crippen molar-refractivity contribution in [2.45, 2.75) is 25.0 Å². The van der Waals surface area contributed by atoms with Crippen LogP contribution in [-0.2, 0) is 20.3 Å². The topological polar surface area (TPSA) is 63.6 Å². The molecule has 1 heterocycles. The van der Waals surface area contributed by atoms with E-state index in [-0.39, 0.29) is 11.0 Å². The van der Waals surface area contributed by atoms with Crippen molar-refractivity contribution in [2.24, 2.45) is 5.92 Å². The molecule has 0 amide bonds. The summed E-state index contributed by atoms with van der Waals surface area (Å²) in [4.78, 5) is 10.6. The third-order valence-corrected chi connectivity index (χ3v) is 4.27. The van der Waals surface area contributed by atoms with E-state index in [4.69, 9.17) is 9.84 Å². The Labute approximate surface area is 86.1 Å². The van der Waals surface area contributed by atoms with E-state index in [2.05, 4.69) is 0 Å². The largest absolute Gasteiger partial charge is 0.481 e. The smallest absolute Gasteiger partial charge is 0.307 e. The van der Waals surface area contributed by atoms with Gasteiger partial charge in [0.15, 0.2) is 0 Å². The van der Waals surface area contributed by atoms with Crippen LogP contribution in [0.1, 0.15) is 19.8 Å². The van der Waals surface area contributed by atoms with E-state index in [1.807, 2.05) is 0 Å². The SMILES string of the molecule is CC(CS(=O)C1CCCOC1)C(=O)O. The summed E-state index contributed by atoms with van der Waals surface area (Å²) in [6.45, 7) is 2.84. The number of hydrogen-bond donors (Lipinski definition) is 1. The zero-order chi connectivity index (χ0) is 10.6. The average molecular weight is 220 g/mol. The van der Waals surface area contributed by atoms with Crippen LogP contribution in [0.3, 0.4) is 0 Å². The van der Waals surface area contributed by atoms with E-state index in [0.717, 1.165) is 19.4 Å². The standard InChI is InChI=1S/C9H16O4S/c1-7(9(10)11)6-14(12)8-3-2-4-13-5-8/h7-8H,2-6H2,1H3,(H,10,11). The minimum atomic E-state index is -1.06. The molecule has 0 spiro atoms. The molecule has 1 rings (SSSR count). The van der Waals surface area contributed by atoms with Crippen LogP contribution in [-0.4, -0.2) is 39.5 Å². The van der Waals surface area contributed by atoms with Crippen LogP contribution >= 0.6 is 0 Å². The predicted molar refractivity (Wildman–Crippen MR) is 53.7 cm³/mol. The molecule has 0 bridgehead atoms. The highest BCUT2D eigenvalue weighted by molar-refractivity contribution is 7.85. The highest BCUT2D eigenvalue weighted by Gasteiger charge is 2.23. The maximum Gasteiger partial charge on any atom is 0.307 e. The molecule has 0 radical (unpaired) electrons. The molecule has 4 nitrogen and oxygen atoms in total. The maximum atomic E-state index is 11.7. The van der Waals surface area contributed by atoms with Gasteiger partial charge in [-0.05, 0) is 12.8 Å². The number of aliphatic carboxylic acids is 1. The average Bonchev–Trinajstić information content (AvgIpc) is 2.19. The number of carboxylic acid groups (broad SMARTS) is 1. The Hall–Kier alpha value is -0.420. The van der Waals surface area contributed by atoms with E-state index in [9.17, 15) is 9.00 Å². The summed E-state index contributed by atoms with van der Waals surface area (Å²) >= 11 is 0. The van der Waals surface area contributed by atoms with Crippen LogP contribution in [0.2, 0.25) is 0 Å². The van der Waals surface area contributed by atoms with Gasteiger partial charge >= 0.3 is 5.97 Å². The second-order valence-corrected chi connectivity index (χ2v) is 5.39. The molecular weight excluding hydrogens is 204 g/mol. The molecule has 0 aromatic carbocycles. The van der Waals surface area contributed by atoms with Gasteiger partial charge in [-0.3, -0.25) is 9.00 Å². The predicted octanol–water partition coefficient (Wildman–Crippen LogP) is 0.635. The van der Waals surface area contributed by atoms with Crippen molar-refractivity contribution < 1.29 is 18.8 Å². The maximum absolute atomic E-state index is 11.7. The highest BCUT2D eigenvalue weighted by atomic mass is 32.2. The highest BCUT2D eigenvalue weighted by Crippen LogP contribution is 2.14. The first-order valence-electron chi connectivity index (χ1n) is 4.79. The Kier molecular flexibility index (Phi) is 4.54. The number of rotatable bonds is 4. The fourth-order valence-corrected chi connectivity index (χ4v) is 2.96. The van der Waals surface area contributed by atoms with Crippen LogP contribution in [0.4, 0.5) is 0 Å². The fourth-order valence-electron chi connectivity index (χ4n) is 1.37. The van der Waals surface area contributed by atoms with Crippen molar-refractivity contribution in [3.63, 3.8) is 0 Å². The van der Waals surface area contributed by atoms with Gasteiger partial charge in [0.2, 0.25) is 0 Å². The van der Waals surface area contributed by atoms with E-state index >= 15 is 0 Å². The molecule has 1 aliphatic heterocycles. The van der Waals surface area contributed by atoms with Gasteiger partial charge in [0, 0.05) is 23.2 Å². The molecule has 1 fully saturated rings. The molecule has 1 N–H and O–H groups in total. The van der Waals surface area contributed by atoms with Gasteiger partial charge in [-0.15, -0.1) is 0 Å². The van der Waals surface area contributed by atoms with Crippen molar-refractivity contribution in [2.75, 3.05) is 19.0 Å². The molecule has 3 unspecified atom stereocenters. The Morgan fingerprint density at radius 1 is 1.71 bits per heavy atom. The Morgan fingerprint density at radius 3 is 2.93 bits per heavy atom. The molecule has 5 heteroatoms. The van der Waals surface area contributed by atoms with Crippen molar-refractivity contribution >= 4 is 16.8 Å². The van der Waals surface area contributed by atoms with Gasteiger partial charge < -0.3 is 9.84 Å². The number of ether oxygens (including phenoxy) is 1.